The second-order valence-electron chi connectivity index (χ2n) is 11.3. The Labute approximate surface area is 264 Å². The smallest absolute Gasteiger partial charge is 0.422 e. The van der Waals surface area contributed by atoms with Gasteiger partial charge in [-0.3, -0.25) is 9.97 Å². The van der Waals surface area contributed by atoms with Gasteiger partial charge in [0.15, 0.2) is 13.2 Å². The van der Waals surface area contributed by atoms with Crippen molar-refractivity contribution in [2.24, 2.45) is 0 Å². The molecule has 0 amide bonds. The molecule has 2 heterocycles. The second-order valence-corrected chi connectivity index (χ2v) is 11.3. The van der Waals surface area contributed by atoms with Gasteiger partial charge in [-0.25, -0.2) is 0 Å². The fraction of sp³-hybridized carbons (Fsp3) is 0.353. The number of halogens is 6. The predicted octanol–water partition coefficient (Wildman–Crippen LogP) is 8.50. The predicted molar refractivity (Wildman–Crippen MR) is 168 cm³/mol. The third kappa shape index (κ3) is 9.04. The highest BCUT2D eigenvalue weighted by molar-refractivity contribution is 5.67. The molecule has 2 aromatic carbocycles. The van der Waals surface area contributed by atoms with E-state index in [1.807, 2.05) is 38.4 Å². The van der Waals surface area contributed by atoms with Crippen LogP contribution < -0.4 is 19.3 Å². The number of alkyl halides is 6. The van der Waals surface area contributed by atoms with E-state index in [1.54, 1.807) is 64.4 Å². The summed E-state index contributed by atoms with van der Waals surface area (Å²) in [5, 5.41) is 0. The van der Waals surface area contributed by atoms with Crippen molar-refractivity contribution >= 4 is 11.4 Å². The van der Waals surface area contributed by atoms with Crippen LogP contribution in [-0.2, 0) is 0 Å². The molecule has 0 saturated heterocycles. The number of hydrogen-bond acceptors (Lipinski definition) is 6. The fourth-order valence-corrected chi connectivity index (χ4v) is 5.08. The quantitative estimate of drug-likeness (QED) is 0.152. The number of pyridine rings is 2. The molecule has 246 valence electrons. The van der Waals surface area contributed by atoms with Crippen LogP contribution in [0, 0.1) is 27.7 Å². The summed E-state index contributed by atoms with van der Waals surface area (Å²) >= 11 is 0. The van der Waals surface area contributed by atoms with Crippen LogP contribution in [0.4, 0.5) is 37.7 Å². The maximum Gasteiger partial charge on any atom is 0.422 e. The Hall–Kier alpha value is -4.48. The summed E-state index contributed by atoms with van der Waals surface area (Å²) in [6, 6.07) is 14.7. The zero-order chi connectivity index (χ0) is 33.8. The molecule has 0 aliphatic carbocycles. The molecule has 0 bridgehead atoms. The number of anilines is 2. The molecule has 2 aromatic heterocycles. The zero-order valence-corrected chi connectivity index (χ0v) is 26.5. The number of aryl methyl sites for hydroxylation is 4. The van der Waals surface area contributed by atoms with Crippen LogP contribution in [0.25, 0.3) is 22.5 Å². The monoisotopic (exact) mass is 646 g/mol. The minimum atomic E-state index is -4.41. The summed E-state index contributed by atoms with van der Waals surface area (Å²) in [5.74, 6) is 0.451. The number of aromatic nitrogens is 2. The van der Waals surface area contributed by atoms with Crippen molar-refractivity contribution in [3.63, 3.8) is 0 Å². The number of nitrogens with zero attached hydrogens (tertiary/aromatic N) is 4. The van der Waals surface area contributed by atoms with Gasteiger partial charge in [0.05, 0.1) is 35.2 Å². The van der Waals surface area contributed by atoms with Crippen LogP contribution in [0.5, 0.6) is 11.5 Å². The molecule has 46 heavy (non-hydrogen) atoms. The van der Waals surface area contributed by atoms with Crippen molar-refractivity contribution in [1.82, 2.24) is 9.97 Å². The summed E-state index contributed by atoms with van der Waals surface area (Å²) in [6.07, 6.45) is -5.30. The Kier molecular flexibility index (Phi) is 10.4. The summed E-state index contributed by atoms with van der Waals surface area (Å²) in [7, 11) is 3.92. The average molecular weight is 647 g/mol. The first-order valence-electron chi connectivity index (χ1n) is 14.5. The van der Waals surface area contributed by atoms with Crippen molar-refractivity contribution in [3.05, 3.63) is 83.2 Å². The van der Waals surface area contributed by atoms with E-state index in [0.29, 0.717) is 46.7 Å². The first-order chi connectivity index (χ1) is 21.5. The molecule has 0 fully saturated rings. The molecule has 4 aromatic rings. The van der Waals surface area contributed by atoms with Gasteiger partial charge in [-0.15, -0.1) is 0 Å². The topological polar surface area (TPSA) is 50.7 Å². The van der Waals surface area contributed by atoms with Crippen LogP contribution >= 0.6 is 0 Å². The van der Waals surface area contributed by atoms with Crippen LogP contribution in [0.1, 0.15) is 22.3 Å². The summed E-state index contributed by atoms with van der Waals surface area (Å²) < 4.78 is 85.7. The van der Waals surface area contributed by atoms with Gasteiger partial charge in [0.1, 0.15) is 11.5 Å². The minimum absolute atomic E-state index is 0.226. The van der Waals surface area contributed by atoms with Crippen molar-refractivity contribution in [2.75, 3.05) is 50.2 Å². The largest absolute Gasteiger partial charge is 0.484 e. The second kappa shape index (κ2) is 13.9. The molecule has 0 saturated carbocycles. The third-order valence-electron chi connectivity index (χ3n) is 7.42. The van der Waals surface area contributed by atoms with Gasteiger partial charge in [-0.05, 0) is 98.5 Å². The van der Waals surface area contributed by atoms with E-state index in [4.69, 9.17) is 9.47 Å². The third-order valence-corrected chi connectivity index (χ3v) is 7.42. The van der Waals surface area contributed by atoms with Gasteiger partial charge in [0, 0.05) is 38.3 Å². The van der Waals surface area contributed by atoms with Gasteiger partial charge in [0.2, 0.25) is 0 Å². The average Bonchev–Trinajstić information content (AvgIpc) is 2.97. The molecule has 0 unspecified atom stereocenters. The van der Waals surface area contributed by atoms with E-state index in [0.717, 1.165) is 22.5 Å². The summed E-state index contributed by atoms with van der Waals surface area (Å²) in [6.45, 7) is 5.53. The highest BCUT2D eigenvalue weighted by Gasteiger charge is 2.30. The van der Waals surface area contributed by atoms with E-state index in [1.165, 1.54) is 0 Å². The van der Waals surface area contributed by atoms with Gasteiger partial charge >= 0.3 is 12.4 Å². The van der Waals surface area contributed by atoms with E-state index < -0.39 is 25.6 Å². The number of likely N-dealkylation sites (N-methyl/N-ethyl adjacent to an activating group) is 2. The molecule has 0 atom stereocenters. The van der Waals surface area contributed by atoms with Gasteiger partial charge in [-0.2, -0.15) is 26.3 Å². The Bertz CT molecular complexity index is 1470. The standard InChI is InChI=1S/C34H36F6N4O2/c1-21-13-25(14-22(2)31(21)45-19-33(35,36)37)29-9-7-27(17-41-29)43(5)11-12-44(6)28-8-10-30(42-18-28)26-15-23(3)32(24(4)16-26)46-20-34(38,39)40/h7-10,13-18H,11-12,19-20H2,1-6H3. The SMILES string of the molecule is Cc1cc(-c2ccc(N(C)CCN(C)c3ccc(-c4cc(C)c(OCC(F)(F)F)c(C)c4)nc3)cn2)cc(C)c1OCC(F)(F)F. The molecular weight excluding hydrogens is 610 g/mol. The lowest BCUT2D eigenvalue weighted by Gasteiger charge is -2.25. The van der Waals surface area contributed by atoms with Gasteiger partial charge < -0.3 is 19.3 Å². The number of rotatable bonds is 11. The van der Waals surface area contributed by atoms with Crippen molar-refractivity contribution < 1.29 is 35.8 Å². The van der Waals surface area contributed by atoms with Crippen molar-refractivity contribution in [1.29, 1.82) is 0 Å². The Morgan fingerprint density at radius 2 is 0.891 bits per heavy atom. The van der Waals surface area contributed by atoms with E-state index >= 15 is 0 Å². The van der Waals surface area contributed by atoms with E-state index in [2.05, 4.69) is 19.8 Å². The first-order valence-corrected chi connectivity index (χ1v) is 14.5. The Morgan fingerprint density at radius 1 is 0.565 bits per heavy atom. The highest BCUT2D eigenvalue weighted by Crippen LogP contribution is 2.33. The van der Waals surface area contributed by atoms with Crippen LogP contribution in [0.3, 0.4) is 0 Å². The maximum atomic E-state index is 12.6. The molecule has 0 spiro atoms. The fourth-order valence-electron chi connectivity index (χ4n) is 5.08. The Balaban J connectivity index is 1.35. The minimum Gasteiger partial charge on any atom is -0.484 e. The molecule has 6 nitrogen and oxygen atoms in total. The lowest BCUT2D eigenvalue weighted by molar-refractivity contribution is -0.154. The normalized spacial score (nSPS) is 11.8. The molecule has 0 aliphatic rings. The van der Waals surface area contributed by atoms with Crippen LogP contribution in [0.2, 0.25) is 0 Å². The summed E-state index contributed by atoms with van der Waals surface area (Å²) in [5.41, 5.74) is 7.18. The highest BCUT2D eigenvalue weighted by atomic mass is 19.4. The van der Waals surface area contributed by atoms with Crippen LogP contribution in [-0.4, -0.2) is 62.7 Å². The lowest BCUT2D eigenvalue weighted by atomic mass is 10.0. The summed E-state index contributed by atoms with van der Waals surface area (Å²) in [4.78, 5) is 13.3. The maximum absolute atomic E-state index is 12.6. The van der Waals surface area contributed by atoms with E-state index in [9.17, 15) is 26.3 Å². The van der Waals surface area contributed by atoms with Gasteiger partial charge in [-0.1, -0.05) is 0 Å². The molecule has 0 radical (unpaired) electrons. The first kappa shape index (κ1) is 34.4. The number of hydrogen-bond donors (Lipinski definition) is 0. The number of ether oxygens (including phenoxy) is 2. The molecule has 4 rings (SSSR count). The van der Waals surface area contributed by atoms with Crippen molar-refractivity contribution in [2.45, 2.75) is 40.0 Å². The van der Waals surface area contributed by atoms with E-state index in [-0.39, 0.29) is 11.5 Å². The Morgan fingerprint density at radius 3 is 1.15 bits per heavy atom. The molecule has 12 heteroatoms. The zero-order valence-electron chi connectivity index (χ0n) is 26.5. The molecule has 0 aliphatic heterocycles. The van der Waals surface area contributed by atoms with Crippen molar-refractivity contribution in [3.8, 4) is 34.0 Å². The van der Waals surface area contributed by atoms with Gasteiger partial charge in [0.25, 0.3) is 0 Å². The lowest BCUT2D eigenvalue weighted by Crippen LogP contribution is -2.30. The van der Waals surface area contributed by atoms with Crippen LogP contribution in [0.15, 0.2) is 60.9 Å². The number of benzene rings is 2. The molecule has 0 N–H and O–H groups in total. The molecular formula is C34H36F6N4O2.